The van der Waals surface area contributed by atoms with Crippen molar-refractivity contribution in [2.24, 2.45) is 5.73 Å². The molecule has 0 spiro atoms. The first kappa shape index (κ1) is 12.4. The standard InChI is InChI=1S/C13H12Cl2N2/c1-8-4-5-17-7-10(8)13(16)9-2-3-11(14)12(15)6-9/h2-7,13H,16H2,1H3. The van der Waals surface area contributed by atoms with E-state index in [0.717, 1.165) is 16.7 Å². The van der Waals surface area contributed by atoms with Gasteiger partial charge in [-0.15, -0.1) is 0 Å². The third kappa shape index (κ3) is 2.60. The minimum atomic E-state index is -0.238. The number of hydrogen-bond acceptors (Lipinski definition) is 2. The van der Waals surface area contributed by atoms with Crippen LogP contribution in [-0.2, 0) is 0 Å². The van der Waals surface area contributed by atoms with Gasteiger partial charge < -0.3 is 5.73 Å². The van der Waals surface area contributed by atoms with Crippen molar-refractivity contribution in [3.05, 3.63) is 63.4 Å². The molecule has 0 saturated heterocycles. The predicted molar refractivity (Wildman–Crippen MR) is 71.5 cm³/mol. The molecular weight excluding hydrogens is 255 g/mol. The van der Waals surface area contributed by atoms with Crippen molar-refractivity contribution in [2.45, 2.75) is 13.0 Å². The van der Waals surface area contributed by atoms with Gasteiger partial charge in [0.25, 0.3) is 0 Å². The van der Waals surface area contributed by atoms with Gasteiger partial charge in [-0.05, 0) is 41.8 Å². The Morgan fingerprint density at radius 3 is 2.59 bits per heavy atom. The molecule has 2 aromatic rings. The summed E-state index contributed by atoms with van der Waals surface area (Å²) in [6.07, 6.45) is 3.53. The average molecular weight is 267 g/mol. The summed E-state index contributed by atoms with van der Waals surface area (Å²) < 4.78 is 0. The van der Waals surface area contributed by atoms with E-state index in [-0.39, 0.29) is 6.04 Å². The van der Waals surface area contributed by atoms with Crippen molar-refractivity contribution >= 4 is 23.2 Å². The molecule has 0 saturated carbocycles. The van der Waals surface area contributed by atoms with Crippen LogP contribution in [0.2, 0.25) is 10.0 Å². The highest BCUT2D eigenvalue weighted by Gasteiger charge is 2.12. The Bertz CT molecular complexity index is 541. The zero-order chi connectivity index (χ0) is 12.4. The Hall–Kier alpha value is -1.09. The van der Waals surface area contributed by atoms with Gasteiger partial charge in [0.2, 0.25) is 0 Å². The van der Waals surface area contributed by atoms with Crippen LogP contribution in [0.3, 0.4) is 0 Å². The first-order chi connectivity index (χ1) is 8.09. The SMILES string of the molecule is Cc1ccncc1C(N)c1ccc(Cl)c(Cl)c1. The monoisotopic (exact) mass is 266 g/mol. The molecule has 0 fully saturated rings. The molecule has 0 bridgehead atoms. The van der Waals surface area contributed by atoms with Crippen LogP contribution < -0.4 is 5.73 Å². The van der Waals surface area contributed by atoms with Crippen LogP contribution in [0.5, 0.6) is 0 Å². The van der Waals surface area contributed by atoms with Crippen molar-refractivity contribution in [1.29, 1.82) is 0 Å². The fraction of sp³-hybridized carbons (Fsp3) is 0.154. The number of rotatable bonds is 2. The summed E-state index contributed by atoms with van der Waals surface area (Å²) in [5.74, 6) is 0. The zero-order valence-electron chi connectivity index (χ0n) is 9.32. The van der Waals surface area contributed by atoms with E-state index in [1.54, 1.807) is 24.5 Å². The minimum absolute atomic E-state index is 0.238. The lowest BCUT2D eigenvalue weighted by atomic mass is 9.98. The maximum absolute atomic E-state index is 6.19. The van der Waals surface area contributed by atoms with Crippen LogP contribution in [-0.4, -0.2) is 4.98 Å². The maximum Gasteiger partial charge on any atom is 0.0595 e. The van der Waals surface area contributed by atoms with Gasteiger partial charge in [0.1, 0.15) is 0 Å². The number of nitrogens with zero attached hydrogens (tertiary/aromatic N) is 1. The van der Waals surface area contributed by atoms with Crippen LogP contribution in [0.15, 0.2) is 36.7 Å². The van der Waals surface area contributed by atoms with Gasteiger partial charge in [0, 0.05) is 12.4 Å². The number of pyridine rings is 1. The van der Waals surface area contributed by atoms with Crippen molar-refractivity contribution in [1.82, 2.24) is 4.98 Å². The van der Waals surface area contributed by atoms with Gasteiger partial charge in [0.15, 0.2) is 0 Å². The van der Waals surface area contributed by atoms with Gasteiger partial charge in [-0.25, -0.2) is 0 Å². The number of hydrogen-bond donors (Lipinski definition) is 1. The van der Waals surface area contributed by atoms with E-state index in [2.05, 4.69) is 4.98 Å². The number of benzene rings is 1. The smallest absolute Gasteiger partial charge is 0.0595 e. The van der Waals surface area contributed by atoms with Crippen LogP contribution in [0.1, 0.15) is 22.7 Å². The highest BCUT2D eigenvalue weighted by Crippen LogP contribution is 2.28. The van der Waals surface area contributed by atoms with Crippen molar-refractivity contribution in [2.75, 3.05) is 0 Å². The second-order valence-corrected chi connectivity index (χ2v) is 4.70. The predicted octanol–water partition coefficient (Wildman–Crippen LogP) is 3.74. The van der Waals surface area contributed by atoms with Crippen LogP contribution in [0, 0.1) is 6.92 Å². The van der Waals surface area contributed by atoms with Crippen LogP contribution in [0.4, 0.5) is 0 Å². The van der Waals surface area contributed by atoms with Gasteiger partial charge in [0.05, 0.1) is 16.1 Å². The third-order valence-corrected chi connectivity index (χ3v) is 3.46. The summed E-state index contributed by atoms with van der Waals surface area (Å²) in [6.45, 7) is 2.01. The van der Waals surface area contributed by atoms with E-state index in [0.29, 0.717) is 10.0 Å². The Kier molecular flexibility index (Phi) is 3.67. The maximum atomic E-state index is 6.19. The zero-order valence-corrected chi connectivity index (χ0v) is 10.8. The number of aromatic nitrogens is 1. The molecular formula is C13H12Cl2N2. The van der Waals surface area contributed by atoms with Crippen LogP contribution in [0.25, 0.3) is 0 Å². The molecule has 2 nitrogen and oxygen atoms in total. The number of halogens is 2. The average Bonchev–Trinajstić information content (AvgIpc) is 2.32. The molecule has 2 rings (SSSR count). The Morgan fingerprint density at radius 1 is 1.18 bits per heavy atom. The van der Waals surface area contributed by atoms with E-state index < -0.39 is 0 Å². The fourth-order valence-electron chi connectivity index (χ4n) is 1.69. The highest BCUT2D eigenvalue weighted by molar-refractivity contribution is 6.42. The summed E-state index contributed by atoms with van der Waals surface area (Å²) in [7, 11) is 0. The molecule has 0 aliphatic rings. The second-order valence-electron chi connectivity index (χ2n) is 3.88. The molecule has 1 aromatic heterocycles. The third-order valence-electron chi connectivity index (χ3n) is 2.72. The van der Waals surface area contributed by atoms with Crippen LogP contribution >= 0.6 is 23.2 Å². The fourth-order valence-corrected chi connectivity index (χ4v) is 1.99. The van der Waals surface area contributed by atoms with Crippen molar-refractivity contribution < 1.29 is 0 Å². The van der Waals surface area contributed by atoms with E-state index in [1.165, 1.54) is 0 Å². The molecule has 4 heteroatoms. The quantitative estimate of drug-likeness (QED) is 0.900. The summed E-state index contributed by atoms with van der Waals surface area (Å²) in [5.41, 5.74) is 9.22. The Labute approximate surface area is 110 Å². The van der Waals surface area contributed by atoms with Gasteiger partial charge in [-0.3, -0.25) is 4.98 Å². The second kappa shape index (κ2) is 5.05. The topological polar surface area (TPSA) is 38.9 Å². The summed E-state index contributed by atoms with van der Waals surface area (Å²) in [5, 5.41) is 1.05. The van der Waals surface area contributed by atoms with E-state index >= 15 is 0 Å². The molecule has 1 heterocycles. The lowest BCUT2D eigenvalue weighted by molar-refractivity contribution is 0.853. The Morgan fingerprint density at radius 2 is 1.94 bits per heavy atom. The highest BCUT2D eigenvalue weighted by atomic mass is 35.5. The van der Waals surface area contributed by atoms with Crippen molar-refractivity contribution in [3.63, 3.8) is 0 Å². The largest absolute Gasteiger partial charge is 0.320 e. The summed E-state index contributed by atoms with van der Waals surface area (Å²) in [4.78, 5) is 4.09. The van der Waals surface area contributed by atoms with Crippen molar-refractivity contribution in [3.8, 4) is 0 Å². The molecule has 2 N–H and O–H groups in total. The van der Waals surface area contributed by atoms with E-state index in [9.17, 15) is 0 Å². The van der Waals surface area contributed by atoms with Gasteiger partial charge >= 0.3 is 0 Å². The minimum Gasteiger partial charge on any atom is -0.320 e. The Balaban J connectivity index is 2.40. The van der Waals surface area contributed by atoms with E-state index in [4.69, 9.17) is 28.9 Å². The molecule has 0 aliphatic carbocycles. The number of nitrogens with two attached hydrogens (primary N) is 1. The molecule has 1 aromatic carbocycles. The molecule has 88 valence electrons. The number of aryl methyl sites for hydroxylation is 1. The van der Waals surface area contributed by atoms with E-state index in [1.807, 2.05) is 19.1 Å². The molecule has 0 aliphatic heterocycles. The molecule has 17 heavy (non-hydrogen) atoms. The molecule has 0 amide bonds. The summed E-state index contributed by atoms with van der Waals surface area (Å²) in [6, 6.07) is 7.13. The van der Waals surface area contributed by atoms with Gasteiger partial charge in [-0.2, -0.15) is 0 Å². The normalized spacial score (nSPS) is 12.5. The lowest BCUT2D eigenvalue weighted by Crippen LogP contribution is -2.13. The molecule has 1 atom stereocenters. The first-order valence-corrected chi connectivity index (χ1v) is 5.96. The molecule has 0 radical (unpaired) electrons. The first-order valence-electron chi connectivity index (χ1n) is 5.20. The van der Waals surface area contributed by atoms with Gasteiger partial charge in [-0.1, -0.05) is 29.3 Å². The summed E-state index contributed by atoms with van der Waals surface area (Å²) >= 11 is 11.9. The molecule has 1 unspecified atom stereocenters. The lowest BCUT2D eigenvalue weighted by Gasteiger charge is -2.15.